The average Bonchev–Trinajstić information content (AvgIpc) is 2.34. The zero-order chi connectivity index (χ0) is 13.5. The highest BCUT2D eigenvalue weighted by molar-refractivity contribution is 5.68. The molecule has 0 aliphatic heterocycles. The van der Waals surface area contributed by atoms with E-state index in [0.29, 0.717) is 0 Å². The van der Waals surface area contributed by atoms with Crippen LogP contribution in [0.5, 0.6) is 0 Å². The van der Waals surface area contributed by atoms with Gasteiger partial charge in [0.15, 0.2) is 0 Å². The molecule has 0 amide bonds. The highest BCUT2D eigenvalue weighted by Crippen LogP contribution is 2.07. The molecule has 0 heterocycles. The van der Waals surface area contributed by atoms with E-state index >= 15 is 0 Å². The summed E-state index contributed by atoms with van der Waals surface area (Å²) in [6, 6.07) is 0. The maximum atomic E-state index is 10.2. The van der Waals surface area contributed by atoms with Crippen LogP contribution in [0.1, 0.15) is 71.1 Å². The number of allylic oxidation sites excluding steroid dienone is 3. The monoisotopic (exact) mass is 252 g/mol. The fourth-order valence-corrected chi connectivity index (χ4v) is 1.77. The molecule has 0 aliphatic rings. The van der Waals surface area contributed by atoms with Crippen LogP contribution in [-0.4, -0.2) is 11.1 Å². The molecule has 2 nitrogen and oxygen atoms in total. The zero-order valence-electron chi connectivity index (χ0n) is 11.7. The summed E-state index contributed by atoms with van der Waals surface area (Å²) in [5.41, 5.74) is 0. The molecule has 18 heavy (non-hydrogen) atoms. The van der Waals surface area contributed by atoms with Gasteiger partial charge in [-0.25, -0.2) is 0 Å². The molecule has 0 fully saturated rings. The highest BCUT2D eigenvalue weighted by atomic mass is 16.4. The maximum Gasteiger partial charge on any atom is 0.307 e. The minimum atomic E-state index is -0.759. The highest BCUT2D eigenvalue weighted by Gasteiger charge is 1.89. The van der Waals surface area contributed by atoms with Crippen molar-refractivity contribution in [3.05, 3.63) is 24.3 Å². The number of carbonyl (C=O) groups is 1. The molecule has 0 rings (SSSR count). The summed E-state index contributed by atoms with van der Waals surface area (Å²) in [4.78, 5) is 10.2. The summed E-state index contributed by atoms with van der Waals surface area (Å²) < 4.78 is 0. The van der Waals surface area contributed by atoms with Crippen LogP contribution in [0, 0.1) is 0 Å². The minimum absolute atomic E-state index is 0.140. The van der Waals surface area contributed by atoms with Crippen LogP contribution in [0.15, 0.2) is 24.3 Å². The fraction of sp³-hybridized carbons (Fsp3) is 0.688. The molecule has 0 aromatic heterocycles. The smallest absolute Gasteiger partial charge is 0.307 e. The van der Waals surface area contributed by atoms with Crippen molar-refractivity contribution in [2.24, 2.45) is 0 Å². The Kier molecular flexibility index (Phi) is 13.2. The van der Waals surface area contributed by atoms with Gasteiger partial charge in [-0.2, -0.15) is 0 Å². The molecule has 0 bridgehead atoms. The van der Waals surface area contributed by atoms with Gasteiger partial charge in [0.05, 0.1) is 6.42 Å². The van der Waals surface area contributed by atoms with Crippen molar-refractivity contribution in [2.45, 2.75) is 71.1 Å². The predicted molar refractivity (Wildman–Crippen MR) is 77.8 cm³/mol. The van der Waals surface area contributed by atoms with Crippen LogP contribution in [0.3, 0.4) is 0 Å². The minimum Gasteiger partial charge on any atom is -0.481 e. The Morgan fingerprint density at radius 2 is 1.39 bits per heavy atom. The Labute approximate surface area is 112 Å². The van der Waals surface area contributed by atoms with Gasteiger partial charge < -0.3 is 5.11 Å². The van der Waals surface area contributed by atoms with E-state index in [9.17, 15) is 4.79 Å². The summed E-state index contributed by atoms with van der Waals surface area (Å²) >= 11 is 0. The summed E-state index contributed by atoms with van der Waals surface area (Å²) in [7, 11) is 0. The molecule has 2 heteroatoms. The van der Waals surface area contributed by atoms with Gasteiger partial charge in [0.2, 0.25) is 0 Å². The fourth-order valence-electron chi connectivity index (χ4n) is 1.77. The van der Waals surface area contributed by atoms with E-state index in [0.717, 1.165) is 12.8 Å². The molecule has 0 unspecified atom stereocenters. The van der Waals surface area contributed by atoms with Crippen LogP contribution in [0.4, 0.5) is 0 Å². The van der Waals surface area contributed by atoms with Gasteiger partial charge in [-0.05, 0) is 25.7 Å². The lowest BCUT2D eigenvalue weighted by Gasteiger charge is -1.97. The number of carboxylic acids is 1. The first kappa shape index (κ1) is 16.9. The third-order valence-electron chi connectivity index (χ3n) is 2.85. The third-order valence-corrected chi connectivity index (χ3v) is 2.85. The molecule has 1 N–H and O–H groups in total. The first-order chi connectivity index (χ1) is 8.77. The van der Waals surface area contributed by atoms with E-state index in [1.165, 1.54) is 44.9 Å². The van der Waals surface area contributed by atoms with E-state index in [1.54, 1.807) is 6.08 Å². The van der Waals surface area contributed by atoms with Crippen LogP contribution >= 0.6 is 0 Å². The molecule has 0 aliphatic carbocycles. The van der Waals surface area contributed by atoms with Gasteiger partial charge >= 0.3 is 5.97 Å². The average molecular weight is 252 g/mol. The molecule has 104 valence electrons. The Bertz CT molecular complexity index is 241. The summed E-state index contributed by atoms with van der Waals surface area (Å²) in [6.07, 6.45) is 19.5. The quantitative estimate of drug-likeness (QED) is 0.387. The Morgan fingerprint density at radius 1 is 0.833 bits per heavy atom. The SMILES string of the molecule is CCCCCCCC/C=C/CC/C=C/CC(=O)O. The van der Waals surface area contributed by atoms with Crippen molar-refractivity contribution >= 4 is 5.97 Å². The largest absolute Gasteiger partial charge is 0.481 e. The Morgan fingerprint density at radius 3 is 2.06 bits per heavy atom. The molecule has 0 spiro atoms. The van der Waals surface area contributed by atoms with E-state index in [-0.39, 0.29) is 6.42 Å². The lowest BCUT2D eigenvalue weighted by molar-refractivity contribution is -0.136. The van der Waals surface area contributed by atoms with Crippen molar-refractivity contribution in [3.63, 3.8) is 0 Å². The number of unbranched alkanes of at least 4 members (excludes halogenated alkanes) is 7. The number of carboxylic acid groups (broad SMARTS) is 1. The van der Waals surface area contributed by atoms with Crippen molar-refractivity contribution in [1.82, 2.24) is 0 Å². The van der Waals surface area contributed by atoms with Gasteiger partial charge in [-0.1, -0.05) is 63.3 Å². The van der Waals surface area contributed by atoms with E-state index in [2.05, 4.69) is 19.1 Å². The van der Waals surface area contributed by atoms with Crippen LogP contribution in [0.25, 0.3) is 0 Å². The normalized spacial score (nSPS) is 11.6. The third kappa shape index (κ3) is 14.9. The maximum absolute atomic E-state index is 10.2. The summed E-state index contributed by atoms with van der Waals surface area (Å²) in [5.74, 6) is -0.759. The van der Waals surface area contributed by atoms with Crippen molar-refractivity contribution in [3.8, 4) is 0 Å². The molecular weight excluding hydrogens is 224 g/mol. The van der Waals surface area contributed by atoms with E-state index < -0.39 is 5.97 Å². The first-order valence-corrected chi connectivity index (χ1v) is 7.29. The number of hydrogen-bond acceptors (Lipinski definition) is 1. The van der Waals surface area contributed by atoms with Gasteiger partial charge in [-0.15, -0.1) is 0 Å². The number of hydrogen-bond donors (Lipinski definition) is 1. The summed E-state index contributed by atoms with van der Waals surface area (Å²) in [5, 5.41) is 8.43. The van der Waals surface area contributed by atoms with Gasteiger partial charge in [0.25, 0.3) is 0 Å². The van der Waals surface area contributed by atoms with Crippen LogP contribution in [0.2, 0.25) is 0 Å². The molecular formula is C16H28O2. The van der Waals surface area contributed by atoms with Crippen LogP contribution < -0.4 is 0 Å². The first-order valence-electron chi connectivity index (χ1n) is 7.29. The van der Waals surface area contributed by atoms with Gasteiger partial charge in [-0.3, -0.25) is 4.79 Å². The lowest BCUT2D eigenvalue weighted by Crippen LogP contribution is -1.89. The topological polar surface area (TPSA) is 37.3 Å². The molecule has 0 atom stereocenters. The number of aliphatic carboxylic acids is 1. The lowest BCUT2D eigenvalue weighted by atomic mass is 10.1. The van der Waals surface area contributed by atoms with E-state index in [1.807, 2.05) is 6.08 Å². The van der Waals surface area contributed by atoms with E-state index in [4.69, 9.17) is 5.11 Å². The molecule has 0 saturated heterocycles. The second-order valence-electron chi connectivity index (χ2n) is 4.67. The van der Waals surface area contributed by atoms with Crippen LogP contribution in [-0.2, 0) is 4.79 Å². The standard InChI is InChI=1S/C16H28O2/c1-2-3-4-5-6-7-8-9-10-11-12-13-14-15-16(17)18/h9-10,13-14H,2-8,11-12,15H2,1H3,(H,17,18)/b10-9+,14-13+. The Hall–Kier alpha value is -1.05. The van der Waals surface area contributed by atoms with Crippen molar-refractivity contribution in [1.29, 1.82) is 0 Å². The molecule has 0 aromatic rings. The Balaban J connectivity index is 3.18. The second-order valence-corrected chi connectivity index (χ2v) is 4.67. The van der Waals surface area contributed by atoms with Gasteiger partial charge in [0.1, 0.15) is 0 Å². The van der Waals surface area contributed by atoms with Crippen molar-refractivity contribution < 1.29 is 9.90 Å². The van der Waals surface area contributed by atoms with Gasteiger partial charge in [0, 0.05) is 0 Å². The summed E-state index contributed by atoms with van der Waals surface area (Å²) in [6.45, 7) is 2.24. The molecule has 0 radical (unpaired) electrons. The predicted octanol–water partition coefficient (Wildman–Crippen LogP) is 5.10. The zero-order valence-corrected chi connectivity index (χ0v) is 11.7. The second kappa shape index (κ2) is 14.0. The molecule has 0 saturated carbocycles. The van der Waals surface area contributed by atoms with Crippen molar-refractivity contribution in [2.75, 3.05) is 0 Å². The molecule has 0 aromatic carbocycles. The number of rotatable bonds is 12.